The Labute approximate surface area is 220 Å². The van der Waals surface area contributed by atoms with Gasteiger partial charge in [0.2, 0.25) is 5.95 Å². The van der Waals surface area contributed by atoms with Crippen molar-refractivity contribution < 1.29 is 0 Å². The minimum atomic E-state index is 0.645. The van der Waals surface area contributed by atoms with E-state index in [4.69, 9.17) is 9.97 Å². The molecule has 7 aromatic rings. The molecule has 0 aliphatic carbocycles. The highest BCUT2D eigenvalue weighted by Gasteiger charge is 2.29. The molecule has 0 amide bonds. The number of hydrogen-bond donors (Lipinski definition) is 0. The molecule has 5 aromatic carbocycles. The van der Waals surface area contributed by atoms with Gasteiger partial charge in [-0.2, -0.15) is 0 Å². The first-order valence-corrected chi connectivity index (χ1v) is 12.8. The van der Waals surface area contributed by atoms with Crippen LogP contribution in [-0.2, 0) is 0 Å². The van der Waals surface area contributed by atoms with Crippen molar-refractivity contribution in [1.29, 1.82) is 0 Å². The summed E-state index contributed by atoms with van der Waals surface area (Å²) in [6.45, 7) is 0. The second kappa shape index (κ2) is 8.15. The van der Waals surface area contributed by atoms with E-state index in [0.717, 1.165) is 50.4 Å². The van der Waals surface area contributed by atoms with Crippen molar-refractivity contribution in [2.24, 2.45) is 0 Å². The Morgan fingerprint density at radius 1 is 0.526 bits per heavy atom. The van der Waals surface area contributed by atoms with Crippen LogP contribution in [0.2, 0.25) is 0 Å². The molecule has 0 N–H and O–H groups in total. The lowest BCUT2D eigenvalue weighted by Gasteiger charge is -2.24. The molecular formula is C34H22N4. The summed E-state index contributed by atoms with van der Waals surface area (Å²) in [5.41, 5.74) is 8.58. The van der Waals surface area contributed by atoms with E-state index in [1.807, 2.05) is 18.2 Å². The Morgan fingerprint density at radius 3 is 2.05 bits per heavy atom. The van der Waals surface area contributed by atoms with Gasteiger partial charge in [-0.1, -0.05) is 103 Å². The van der Waals surface area contributed by atoms with Crippen molar-refractivity contribution in [1.82, 2.24) is 14.5 Å². The van der Waals surface area contributed by atoms with Crippen molar-refractivity contribution >= 4 is 39.3 Å². The molecule has 0 saturated carbocycles. The average Bonchev–Trinajstić information content (AvgIpc) is 3.31. The molecule has 1 aliphatic rings. The summed E-state index contributed by atoms with van der Waals surface area (Å²) in [5.74, 6) is 1.66. The normalized spacial score (nSPS) is 12.2. The van der Waals surface area contributed by atoms with E-state index in [0.29, 0.717) is 5.95 Å². The monoisotopic (exact) mass is 486 g/mol. The van der Waals surface area contributed by atoms with Gasteiger partial charge in [0.1, 0.15) is 5.82 Å². The number of fused-ring (bicyclic) bond motifs is 8. The zero-order chi connectivity index (χ0) is 25.1. The van der Waals surface area contributed by atoms with Crippen LogP contribution in [0.3, 0.4) is 0 Å². The maximum atomic E-state index is 5.27. The van der Waals surface area contributed by atoms with E-state index >= 15 is 0 Å². The molecule has 4 heteroatoms. The van der Waals surface area contributed by atoms with Crippen LogP contribution in [0.5, 0.6) is 0 Å². The minimum Gasteiger partial charge on any atom is -0.295 e. The second-order valence-electron chi connectivity index (χ2n) is 9.52. The number of nitrogens with zero attached hydrogens (tertiary/aromatic N) is 4. The maximum Gasteiger partial charge on any atom is 0.236 e. The zero-order valence-electron chi connectivity index (χ0n) is 20.5. The first kappa shape index (κ1) is 20.9. The minimum absolute atomic E-state index is 0.645. The Morgan fingerprint density at radius 2 is 1.18 bits per heavy atom. The standard InChI is InChI=1S/C34H22N4/c1-2-12-23(13-3-1)33-27-17-5-8-18-28(27)35-34(36-33)38-31-21-11-7-16-26(31)25-15-6-10-20-30(25)37-29-19-9-4-14-24(29)22-32(37)38/h1-22H. The van der Waals surface area contributed by atoms with Crippen LogP contribution in [0.4, 0.5) is 17.5 Å². The molecule has 0 unspecified atom stereocenters. The van der Waals surface area contributed by atoms with Crippen LogP contribution < -0.4 is 4.90 Å². The van der Waals surface area contributed by atoms with Gasteiger partial charge in [0.25, 0.3) is 0 Å². The lowest BCUT2D eigenvalue weighted by atomic mass is 10.0. The van der Waals surface area contributed by atoms with Gasteiger partial charge >= 0.3 is 0 Å². The Balaban J connectivity index is 1.51. The van der Waals surface area contributed by atoms with E-state index in [9.17, 15) is 0 Å². The Bertz CT molecular complexity index is 1990. The van der Waals surface area contributed by atoms with Crippen molar-refractivity contribution in [3.63, 3.8) is 0 Å². The highest BCUT2D eigenvalue weighted by molar-refractivity contribution is 6.00. The number of benzene rings is 5. The third kappa shape index (κ3) is 3.04. The van der Waals surface area contributed by atoms with Crippen molar-refractivity contribution in [2.75, 3.05) is 4.90 Å². The SMILES string of the molecule is c1ccc(-c2nc(N3c4ccccc4-c4ccccc4-n4c3cc3ccccc34)nc3ccccc23)cc1. The van der Waals surface area contributed by atoms with E-state index in [-0.39, 0.29) is 0 Å². The lowest BCUT2D eigenvalue weighted by molar-refractivity contribution is 1.04. The smallest absolute Gasteiger partial charge is 0.236 e. The summed E-state index contributed by atoms with van der Waals surface area (Å²) in [4.78, 5) is 12.6. The fourth-order valence-corrected chi connectivity index (χ4v) is 5.66. The van der Waals surface area contributed by atoms with Gasteiger partial charge in [0.05, 0.1) is 28.1 Å². The molecule has 4 nitrogen and oxygen atoms in total. The quantitative estimate of drug-likeness (QED) is 0.245. The Kier molecular flexibility index (Phi) is 4.49. The van der Waals surface area contributed by atoms with E-state index in [1.165, 1.54) is 10.9 Å². The first-order chi connectivity index (χ1) is 18.9. The lowest BCUT2D eigenvalue weighted by Crippen LogP contribution is -2.16. The van der Waals surface area contributed by atoms with Gasteiger partial charge in [-0.15, -0.1) is 0 Å². The summed E-state index contributed by atoms with van der Waals surface area (Å²) >= 11 is 0. The molecule has 2 aromatic heterocycles. The fraction of sp³-hybridized carbons (Fsp3) is 0. The van der Waals surface area contributed by atoms with Crippen molar-refractivity contribution in [2.45, 2.75) is 0 Å². The molecule has 0 atom stereocenters. The van der Waals surface area contributed by atoms with Gasteiger partial charge in [-0.25, -0.2) is 9.97 Å². The van der Waals surface area contributed by atoms with Crippen LogP contribution in [0.1, 0.15) is 0 Å². The van der Waals surface area contributed by atoms with Gasteiger partial charge in [-0.05, 0) is 30.3 Å². The van der Waals surface area contributed by atoms with E-state index < -0.39 is 0 Å². The van der Waals surface area contributed by atoms with Crippen LogP contribution in [-0.4, -0.2) is 14.5 Å². The van der Waals surface area contributed by atoms with Crippen LogP contribution in [0.25, 0.3) is 49.9 Å². The molecule has 0 saturated heterocycles. The zero-order valence-corrected chi connectivity index (χ0v) is 20.5. The van der Waals surface area contributed by atoms with Crippen LogP contribution in [0.15, 0.2) is 133 Å². The van der Waals surface area contributed by atoms with Crippen molar-refractivity contribution in [3.8, 4) is 28.1 Å². The molecule has 0 bridgehead atoms. The first-order valence-electron chi connectivity index (χ1n) is 12.8. The molecule has 3 heterocycles. The molecule has 0 spiro atoms. The van der Waals surface area contributed by atoms with Gasteiger partial charge in [0, 0.05) is 27.5 Å². The number of rotatable bonds is 2. The van der Waals surface area contributed by atoms with Gasteiger partial charge in [-0.3, -0.25) is 9.47 Å². The molecule has 38 heavy (non-hydrogen) atoms. The molecule has 178 valence electrons. The predicted octanol–water partition coefficient (Wildman–Crippen LogP) is 8.69. The topological polar surface area (TPSA) is 34.0 Å². The van der Waals surface area contributed by atoms with Crippen LogP contribution in [0, 0.1) is 0 Å². The molecule has 1 aliphatic heterocycles. The molecular weight excluding hydrogens is 464 g/mol. The summed E-state index contributed by atoms with van der Waals surface area (Å²) < 4.78 is 2.34. The fourth-order valence-electron chi connectivity index (χ4n) is 5.66. The van der Waals surface area contributed by atoms with E-state index in [2.05, 4.69) is 125 Å². The van der Waals surface area contributed by atoms with Crippen molar-refractivity contribution in [3.05, 3.63) is 133 Å². The maximum absolute atomic E-state index is 5.27. The molecule has 8 rings (SSSR count). The Hall–Kier alpha value is -5.22. The average molecular weight is 487 g/mol. The largest absolute Gasteiger partial charge is 0.295 e. The third-order valence-corrected chi connectivity index (χ3v) is 7.34. The van der Waals surface area contributed by atoms with Gasteiger partial charge in [0.15, 0.2) is 0 Å². The number of hydrogen-bond acceptors (Lipinski definition) is 3. The number of anilines is 3. The number of para-hydroxylation sites is 4. The summed E-state index contributed by atoms with van der Waals surface area (Å²) in [6.07, 6.45) is 0. The molecule has 0 radical (unpaired) electrons. The summed E-state index contributed by atoms with van der Waals surface area (Å²) in [7, 11) is 0. The van der Waals surface area contributed by atoms with Crippen LogP contribution >= 0.6 is 0 Å². The predicted molar refractivity (Wildman–Crippen MR) is 155 cm³/mol. The third-order valence-electron chi connectivity index (χ3n) is 7.34. The summed E-state index contributed by atoms with van der Waals surface area (Å²) in [5, 5.41) is 2.21. The molecule has 0 fully saturated rings. The van der Waals surface area contributed by atoms with Gasteiger partial charge < -0.3 is 0 Å². The number of aromatic nitrogens is 3. The van der Waals surface area contributed by atoms with E-state index in [1.54, 1.807) is 0 Å². The second-order valence-corrected chi connectivity index (χ2v) is 9.52. The highest BCUT2D eigenvalue weighted by atomic mass is 15.3. The highest BCUT2D eigenvalue weighted by Crippen LogP contribution is 2.48. The summed E-state index contributed by atoms with van der Waals surface area (Å²) in [6, 6.07) is 46.6.